The molecule has 0 aliphatic carbocycles. The molecule has 8 heteroatoms. The number of carboxylic acids is 2. The Morgan fingerprint density at radius 1 is 1.00 bits per heavy atom. The second kappa shape index (κ2) is 5.25. The molecule has 0 spiro atoms. The Balaban J connectivity index is 3.68. The van der Waals surface area contributed by atoms with Crippen molar-refractivity contribution in [1.82, 2.24) is 0 Å². The summed E-state index contributed by atoms with van der Waals surface area (Å²) in [5.74, 6) is -2.41. The monoisotopic (exact) mass is 212 g/mol. The van der Waals surface area contributed by atoms with Crippen LogP contribution in [-0.4, -0.2) is 32.9 Å². The molecule has 0 aliphatic heterocycles. The lowest BCUT2D eigenvalue weighted by atomic mass is 10.7. The average Bonchev–Trinajstić information content (AvgIpc) is 1.98. The van der Waals surface area contributed by atoms with Crippen LogP contribution >= 0.6 is 21.6 Å². The zero-order chi connectivity index (χ0) is 9.72. The van der Waals surface area contributed by atoms with Crippen molar-refractivity contribution in [3.63, 3.8) is 0 Å². The van der Waals surface area contributed by atoms with Gasteiger partial charge in [-0.05, 0) is 0 Å². The molecule has 0 aromatic heterocycles. The Kier molecular flexibility index (Phi) is 5.06. The van der Waals surface area contributed by atoms with Crippen LogP contribution in [0.5, 0.6) is 0 Å². The van der Waals surface area contributed by atoms with Gasteiger partial charge in [0.2, 0.25) is 0 Å². The molecule has 0 heterocycles. The molecule has 2 unspecified atom stereocenters. The largest absolute Gasteiger partial charge is 0.479 e. The van der Waals surface area contributed by atoms with Crippen LogP contribution in [0.3, 0.4) is 0 Å². The van der Waals surface area contributed by atoms with Crippen molar-refractivity contribution in [2.45, 2.75) is 10.7 Å². The molecule has 2 atom stereocenters. The fourth-order valence-electron chi connectivity index (χ4n) is 0.202. The van der Waals surface area contributed by atoms with E-state index in [-0.39, 0.29) is 0 Å². The van der Waals surface area contributed by atoms with E-state index in [4.69, 9.17) is 21.7 Å². The summed E-state index contributed by atoms with van der Waals surface area (Å²) in [7, 11) is 1.42. The minimum Gasteiger partial charge on any atom is -0.479 e. The van der Waals surface area contributed by atoms with E-state index in [0.717, 1.165) is 0 Å². The van der Waals surface area contributed by atoms with Crippen LogP contribution in [0.25, 0.3) is 0 Å². The SMILES string of the molecule is NC(SSC(N)C(=O)O)C(=O)O. The minimum atomic E-state index is -1.20. The summed E-state index contributed by atoms with van der Waals surface area (Å²) in [5.41, 5.74) is 10.1. The Hall–Kier alpha value is -0.440. The van der Waals surface area contributed by atoms with Gasteiger partial charge in [0.25, 0.3) is 0 Å². The molecule has 0 saturated carbocycles. The van der Waals surface area contributed by atoms with Gasteiger partial charge in [0.1, 0.15) is 0 Å². The van der Waals surface area contributed by atoms with Gasteiger partial charge in [-0.15, -0.1) is 0 Å². The average molecular weight is 212 g/mol. The van der Waals surface area contributed by atoms with Crippen molar-refractivity contribution >= 4 is 33.5 Å². The molecule has 0 bridgehead atoms. The van der Waals surface area contributed by atoms with E-state index in [1.54, 1.807) is 0 Å². The molecule has 70 valence electrons. The van der Waals surface area contributed by atoms with Gasteiger partial charge in [-0.25, -0.2) is 9.59 Å². The molecule has 12 heavy (non-hydrogen) atoms. The number of nitrogens with two attached hydrogens (primary N) is 2. The Morgan fingerprint density at radius 2 is 1.25 bits per heavy atom. The lowest BCUT2D eigenvalue weighted by Crippen LogP contribution is -2.29. The number of carbonyl (C=O) groups is 2. The molecular formula is C4H8N2O4S2. The molecule has 0 saturated heterocycles. The van der Waals surface area contributed by atoms with Gasteiger partial charge in [0, 0.05) is 0 Å². The van der Waals surface area contributed by atoms with E-state index in [2.05, 4.69) is 0 Å². The van der Waals surface area contributed by atoms with Crippen molar-refractivity contribution in [2.24, 2.45) is 11.5 Å². The third-order valence-electron chi connectivity index (χ3n) is 0.750. The summed E-state index contributed by atoms with van der Waals surface area (Å²) >= 11 is 0. The highest BCUT2D eigenvalue weighted by atomic mass is 33.1. The summed E-state index contributed by atoms with van der Waals surface area (Å²) in [5, 5.41) is 14.3. The van der Waals surface area contributed by atoms with E-state index < -0.39 is 22.7 Å². The van der Waals surface area contributed by atoms with Crippen LogP contribution in [-0.2, 0) is 9.59 Å². The fourth-order valence-corrected chi connectivity index (χ4v) is 1.82. The number of hydrogen-bond donors (Lipinski definition) is 4. The first kappa shape index (κ1) is 11.6. The maximum absolute atomic E-state index is 10.1. The van der Waals surface area contributed by atoms with E-state index >= 15 is 0 Å². The molecule has 0 aromatic carbocycles. The molecule has 0 aliphatic rings. The van der Waals surface area contributed by atoms with Crippen LogP contribution in [0.15, 0.2) is 0 Å². The van der Waals surface area contributed by atoms with Crippen molar-refractivity contribution in [2.75, 3.05) is 0 Å². The summed E-state index contributed by atoms with van der Waals surface area (Å²) in [4.78, 5) is 20.3. The molecule has 6 N–H and O–H groups in total. The number of aliphatic carboxylic acids is 2. The first-order valence-corrected chi connectivity index (χ1v) is 5.01. The molecule has 0 amide bonds. The van der Waals surface area contributed by atoms with Gasteiger partial charge in [0.15, 0.2) is 10.7 Å². The van der Waals surface area contributed by atoms with Crippen LogP contribution in [0.2, 0.25) is 0 Å². The second-order valence-corrected chi connectivity index (χ2v) is 4.27. The maximum Gasteiger partial charge on any atom is 0.331 e. The smallest absolute Gasteiger partial charge is 0.331 e. The zero-order valence-electron chi connectivity index (χ0n) is 5.84. The topological polar surface area (TPSA) is 127 Å². The Morgan fingerprint density at radius 3 is 1.42 bits per heavy atom. The van der Waals surface area contributed by atoms with Gasteiger partial charge < -0.3 is 21.7 Å². The fraction of sp³-hybridized carbons (Fsp3) is 0.500. The van der Waals surface area contributed by atoms with Crippen molar-refractivity contribution in [3.05, 3.63) is 0 Å². The third-order valence-corrected chi connectivity index (χ3v) is 3.26. The first-order chi connectivity index (χ1) is 5.45. The van der Waals surface area contributed by atoms with E-state index in [1.165, 1.54) is 0 Å². The van der Waals surface area contributed by atoms with Crippen molar-refractivity contribution in [3.8, 4) is 0 Å². The standard InChI is InChI=1S/C4H8N2O4S2/c5-1(3(7)8)11-12-2(6)4(9)10/h1-2H,5-6H2,(H,7,8)(H,9,10). The normalized spacial score (nSPS) is 15.2. The van der Waals surface area contributed by atoms with E-state index in [0.29, 0.717) is 21.6 Å². The molecule has 0 aromatic rings. The zero-order valence-corrected chi connectivity index (χ0v) is 7.47. The molecule has 0 radical (unpaired) electrons. The Labute approximate surface area is 76.1 Å². The number of carboxylic acid groups (broad SMARTS) is 2. The molecule has 6 nitrogen and oxygen atoms in total. The van der Waals surface area contributed by atoms with Crippen LogP contribution in [0, 0.1) is 0 Å². The highest BCUT2D eigenvalue weighted by Crippen LogP contribution is 2.26. The van der Waals surface area contributed by atoms with Gasteiger partial charge in [-0.1, -0.05) is 21.6 Å². The van der Waals surface area contributed by atoms with Gasteiger partial charge in [-0.2, -0.15) is 0 Å². The van der Waals surface area contributed by atoms with Crippen molar-refractivity contribution in [1.29, 1.82) is 0 Å². The Bertz CT molecular complexity index is 168. The summed E-state index contributed by atoms with van der Waals surface area (Å²) < 4.78 is 0. The number of hydrogen-bond acceptors (Lipinski definition) is 6. The van der Waals surface area contributed by atoms with E-state index in [9.17, 15) is 9.59 Å². The lowest BCUT2D eigenvalue weighted by Gasteiger charge is -2.07. The quantitative estimate of drug-likeness (QED) is 0.341. The highest BCUT2D eigenvalue weighted by Gasteiger charge is 2.18. The van der Waals surface area contributed by atoms with Crippen LogP contribution in [0.1, 0.15) is 0 Å². The first-order valence-electron chi connectivity index (χ1n) is 2.74. The summed E-state index contributed by atoms with van der Waals surface area (Å²) in [6.07, 6.45) is 0. The third kappa shape index (κ3) is 4.44. The van der Waals surface area contributed by atoms with E-state index in [1.807, 2.05) is 0 Å². The van der Waals surface area contributed by atoms with Crippen molar-refractivity contribution < 1.29 is 19.8 Å². The predicted octanol–water partition coefficient (Wildman–Crippen LogP) is -0.893. The second-order valence-electron chi connectivity index (χ2n) is 1.71. The number of rotatable bonds is 5. The highest BCUT2D eigenvalue weighted by molar-refractivity contribution is 8.77. The van der Waals surface area contributed by atoms with Gasteiger partial charge in [0.05, 0.1) is 0 Å². The van der Waals surface area contributed by atoms with Crippen LogP contribution < -0.4 is 11.5 Å². The lowest BCUT2D eigenvalue weighted by molar-refractivity contribution is -0.137. The minimum absolute atomic E-state index is 0.710. The molecule has 0 fully saturated rings. The summed E-state index contributed by atoms with van der Waals surface area (Å²) in [6.45, 7) is 0. The molecule has 0 rings (SSSR count). The van der Waals surface area contributed by atoms with Crippen LogP contribution in [0.4, 0.5) is 0 Å². The molecular weight excluding hydrogens is 204 g/mol. The van der Waals surface area contributed by atoms with Gasteiger partial charge in [-0.3, -0.25) is 0 Å². The predicted molar refractivity (Wildman–Crippen MR) is 46.4 cm³/mol. The summed E-state index contributed by atoms with van der Waals surface area (Å²) in [6, 6.07) is 0. The maximum atomic E-state index is 10.1. The van der Waals surface area contributed by atoms with Gasteiger partial charge >= 0.3 is 11.9 Å².